The van der Waals surface area contributed by atoms with Gasteiger partial charge in [0.15, 0.2) is 0 Å². The highest BCUT2D eigenvalue weighted by molar-refractivity contribution is 6.33. The van der Waals surface area contributed by atoms with Crippen LogP contribution in [0.25, 0.3) is 0 Å². The van der Waals surface area contributed by atoms with Crippen molar-refractivity contribution in [2.24, 2.45) is 0 Å². The average Bonchev–Trinajstić information content (AvgIpc) is 2.61. The normalized spacial score (nSPS) is 11.1. The van der Waals surface area contributed by atoms with Crippen LogP contribution in [-0.2, 0) is 6.18 Å². The van der Waals surface area contributed by atoms with Crippen molar-refractivity contribution in [1.29, 1.82) is 0 Å². The van der Waals surface area contributed by atoms with Gasteiger partial charge in [0, 0.05) is 31.4 Å². The van der Waals surface area contributed by atoms with Gasteiger partial charge in [-0.1, -0.05) is 11.6 Å². The molecule has 27 heavy (non-hydrogen) atoms. The number of anilines is 1. The molecule has 12 heteroatoms. The zero-order valence-corrected chi connectivity index (χ0v) is 14.3. The third-order valence-corrected chi connectivity index (χ3v) is 3.60. The molecule has 2 aromatic rings. The molecule has 2 N–H and O–H groups in total. The molecule has 1 aromatic heterocycles. The van der Waals surface area contributed by atoms with E-state index in [4.69, 9.17) is 11.6 Å². The molecule has 1 aromatic carbocycles. The van der Waals surface area contributed by atoms with Gasteiger partial charge in [0.1, 0.15) is 5.69 Å². The maximum absolute atomic E-state index is 12.6. The summed E-state index contributed by atoms with van der Waals surface area (Å²) in [5, 5.41) is 15.9. The molecule has 0 saturated heterocycles. The lowest BCUT2D eigenvalue weighted by Gasteiger charge is -2.09. The van der Waals surface area contributed by atoms with Crippen LogP contribution in [0.5, 0.6) is 0 Å². The van der Waals surface area contributed by atoms with Crippen LogP contribution in [0.15, 0.2) is 30.5 Å². The number of nitrogens with zero attached hydrogens (tertiary/aromatic N) is 3. The van der Waals surface area contributed by atoms with Gasteiger partial charge in [0.2, 0.25) is 5.95 Å². The minimum Gasteiger partial charge on any atom is -0.354 e. The van der Waals surface area contributed by atoms with E-state index in [2.05, 4.69) is 20.6 Å². The summed E-state index contributed by atoms with van der Waals surface area (Å²) in [6.45, 7) is 0.355. The fourth-order valence-electron chi connectivity index (χ4n) is 1.99. The minimum atomic E-state index is -4.56. The molecule has 0 radical (unpaired) electrons. The van der Waals surface area contributed by atoms with Crippen molar-refractivity contribution in [2.45, 2.75) is 12.6 Å². The zero-order chi connectivity index (χ0) is 20.0. The first-order valence-electron chi connectivity index (χ1n) is 7.54. The second-order valence-electron chi connectivity index (χ2n) is 5.22. The van der Waals surface area contributed by atoms with E-state index in [0.717, 1.165) is 18.3 Å². The standard InChI is InChI=1S/C15H13ClF3N5O3/c16-11-3-2-9(24(26)27)8-10(11)13(25)20-5-1-6-21-14-22-7-4-12(23-14)15(17,18)19/h2-4,7-8H,1,5-6H2,(H,20,25)(H,21,22,23). The molecule has 0 unspecified atom stereocenters. The van der Waals surface area contributed by atoms with Crippen molar-refractivity contribution in [1.82, 2.24) is 15.3 Å². The number of amides is 1. The number of carbonyl (C=O) groups excluding carboxylic acids is 1. The SMILES string of the molecule is O=C(NCCCNc1nccc(C(F)(F)F)n1)c1cc([N+](=O)[O-])ccc1Cl. The van der Waals surface area contributed by atoms with E-state index in [1.807, 2.05) is 0 Å². The van der Waals surface area contributed by atoms with Crippen molar-refractivity contribution in [2.75, 3.05) is 18.4 Å². The number of alkyl halides is 3. The number of non-ortho nitro benzene ring substituents is 1. The number of hydrogen-bond acceptors (Lipinski definition) is 6. The van der Waals surface area contributed by atoms with Gasteiger partial charge >= 0.3 is 6.18 Å². The van der Waals surface area contributed by atoms with Crippen molar-refractivity contribution in [3.63, 3.8) is 0 Å². The topological polar surface area (TPSA) is 110 Å². The molecule has 0 saturated carbocycles. The van der Waals surface area contributed by atoms with Gasteiger partial charge < -0.3 is 10.6 Å². The van der Waals surface area contributed by atoms with Gasteiger partial charge in [-0.2, -0.15) is 13.2 Å². The van der Waals surface area contributed by atoms with Gasteiger partial charge in [-0.05, 0) is 18.6 Å². The van der Waals surface area contributed by atoms with E-state index in [-0.39, 0.29) is 35.3 Å². The summed E-state index contributed by atoms with van der Waals surface area (Å²) < 4.78 is 37.7. The summed E-state index contributed by atoms with van der Waals surface area (Å²) in [6, 6.07) is 4.25. The Balaban J connectivity index is 1.83. The number of hydrogen-bond donors (Lipinski definition) is 2. The third-order valence-electron chi connectivity index (χ3n) is 3.27. The van der Waals surface area contributed by atoms with Crippen molar-refractivity contribution in [3.8, 4) is 0 Å². The van der Waals surface area contributed by atoms with Crippen LogP contribution in [0.2, 0.25) is 5.02 Å². The van der Waals surface area contributed by atoms with E-state index in [1.165, 1.54) is 12.1 Å². The maximum Gasteiger partial charge on any atom is 0.433 e. The number of benzene rings is 1. The lowest BCUT2D eigenvalue weighted by Crippen LogP contribution is -2.26. The molecule has 1 heterocycles. The number of nitro groups is 1. The summed E-state index contributed by atoms with van der Waals surface area (Å²) in [7, 11) is 0. The lowest BCUT2D eigenvalue weighted by molar-refractivity contribution is -0.384. The highest BCUT2D eigenvalue weighted by atomic mass is 35.5. The predicted octanol–water partition coefficient (Wildman–Crippen LogP) is 3.29. The van der Waals surface area contributed by atoms with Gasteiger partial charge in [0.25, 0.3) is 11.6 Å². The number of carbonyl (C=O) groups is 1. The van der Waals surface area contributed by atoms with E-state index in [9.17, 15) is 28.1 Å². The molecule has 0 spiro atoms. The number of halogens is 4. The summed E-state index contributed by atoms with van der Waals surface area (Å²) >= 11 is 5.86. The summed E-state index contributed by atoms with van der Waals surface area (Å²) in [6.07, 6.45) is -3.23. The molecule has 1 amide bonds. The molecule has 0 atom stereocenters. The number of nitrogens with one attached hydrogen (secondary N) is 2. The highest BCUT2D eigenvalue weighted by Crippen LogP contribution is 2.27. The molecular weight excluding hydrogens is 391 g/mol. The van der Waals surface area contributed by atoms with Crippen LogP contribution in [-0.4, -0.2) is 33.9 Å². The van der Waals surface area contributed by atoms with Crippen LogP contribution >= 0.6 is 11.6 Å². The van der Waals surface area contributed by atoms with E-state index in [0.29, 0.717) is 6.42 Å². The van der Waals surface area contributed by atoms with Gasteiger partial charge in [-0.25, -0.2) is 9.97 Å². The molecule has 0 aliphatic heterocycles. The molecule has 2 rings (SSSR count). The Bertz CT molecular complexity index is 848. The fraction of sp³-hybridized carbons (Fsp3) is 0.267. The van der Waals surface area contributed by atoms with Crippen LogP contribution in [0, 0.1) is 10.1 Å². The Hall–Kier alpha value is -2.95. The molecular formula is C15H13ClF3N5O3. The molecule has 0 aliphatic rings. The quantitative estimate of drug-likeness (QED) is 0.417. The van der Waals surface area contributed by atoms with Crippen molar-refractivity contribution < 1.29 is 22.9 Å². The number of aromatic nitrogens is 2. The molecule has 0 aliphatic carbocycles. The summed E-state index contributed by atoms with van der Waals surface area (Å²) in [4.78, 5) is 29.2. The van der Waals surface area contributed by atoms with Crippen molar-refractivity contribution >= 4 is 29.1 Å². The largest absolute Gasteiger partial charge is 0.433 e. The first kappa shape index (κ1) is 20.4. The summed E-state index contributed by atoms with van der Waals surface area (Å²) in [5.41, 5.74) is -1.37. The van der Waals surface area contributed by atoms with Gasteiger partial charge in [0.05, 0.1) is 15.5 Å². The van der Waals surface area contributed by atoms with Crippen LogP contribution in [0.3, 0.4) is 0 Å². The van der Waals surface area contributed by atoms with Crippen molar-refractivity contribution in [3.05, 3.63) is 56.9 Å². The Morgan fingerprint density at radius 2 is 2.00 bits per heavy atom. The molecule has 0 fully saturated rings. The second-order valence-corrected chi connectivity index (χ2v) is 5.63. The average molecular weight is 404 g/mol. The van der Waals surface area contributed by atoms with Gasteiger partial charge in [-0.3, -0.25) is 14.9 Å². The number of rotatable bonds is 7. The monoisotopic (exact) mass is 403 g/mol. The lowest BCUT2D eigenvalue weighted by atomic mass is 10.2. The molecule has 0 bridgehead atoms. The Morgan fingerprint density at radius 3 is 2.67 bits per heavy atom. The minimum absolute atomic E-state index is 0.0416. The maximum atomic E-state index is 12.6. The zero-order valence-electron chi connectivity index (χ0n) is 13.6. The first-order chi connectivity index (χ1) is 12.7. The predicted molar refractivity (Wildman–Crippen MR) is 90.6 cm³/mol. The van der Waals surface area contributed by atoms with E-state index in [1.54, 1.807) is 0 Å². The fourth-order valence-corrected chi connectivity index (χ4v) is 2.19. The Morgan fingerprint density at radius 1 is 1.26 bits per heavy atom. The van der Waals surface area contributed by atoms with Crippen LogP contribution in [0.4, 0.5) is 24.8 Å². The van der Waals surface area contributed by atoms with E-state index < -0.39 is 22.7 Å². The smallest absolute Gasteiger partial charge is 0.354 e. The second kappa shape index (κ2) is 8.62. The number of nitro benzene ring substituents is 1. The Labute approximate surface area is 155 Å². The van der Waals surface area contributed by atoms with Crippen LogP contribution < -0.4 is 10.6 Å². The first-order valence-corrected chi connectivity index (χ1v) is 7.92. The van der Waals surface area contributed by atoms with E-state index >= 15 is 0 Å². The van der Waals surface area contributed by atoms with Gasteiger partial charge in [-0.15, -0.1) is 0 Å². The van der Waals surface area contributed by atoms with Crippen LogP contribution in [0.1, 0.15) is 22.5 Å². The third kappa shape index (κ3) is 5.78. The highest BCUT2D eigenvalue weighted by Gasteiger charge is 2.32. The summed E-state index contributed by atoms with van der Waals surface area (Å²) in [5.74, 6) is -0.781. The molecule has 8 nitrogen and oxygen atoms in total. The Kier molecular flexibility index (Phi) is 6.50. The molecule has 144 valence electrons.